The molecule has 0 unspecified atom stereocenters. The van der Waals surface area contributed by atoms with Gasteiger partial charge in [-0.3, -0.25) is 9.36 Å². The molecular weight excluding hydrogens is 356 g/mol. The molecule has 0 aliphatic carbocycles. The molecule has 132 valence electrons. The van der Waals surface area contributed by atoms with Gasteiger partial charge >= 0.3 is 0 Å². The summed E-state index contributed by atoms with van der Waals surface area (Å²) in [5, 5.41) is 14.3. The van der Waals surface area contributed by atoms with Gasteiger partial charge in [0.15, 0.2) is 11.0 Å². The van der Waals surface area contributed by atoms with Crippen LogP contribution in [0.2, 0.25) is 0 Å². The van der Waals surface area contributed by atoms with Gasteiger partial charge in [-0.15, -0.1) is 21.5 Å². The Balaban J connectivity index is 1.66. The van der Waals surface area contributed by atoms with Crippen LogP contribution >= 0.6 is 23.1 Å². The highest BCUT2D eigenvalue weighted by Crippen LogP contribution is 2.30. The monoisotopic (exact) mass is 376 g/mol. The van der Waals surface area contributed by atoms with E-state index < -0.39 is 0 Å². The first kappa shape index (κ1) is 17.8. The molecule has 1 amide bonds. The Hall–Kier alpha value is -2.06. The molecule has 6 nitrogen and oxygen atoms in total. The quantitative estimate of drug-likeness (QED) is 0.633. The normalized spacial score (nSPS) is 11.2. The number of nitrogens with one attached hydrogen (secondary N) is 1. The van der Waals surface area contributed by atoms with Gasteiger partial charge in [0.2, 0.25) is 5.91 Å². The van der Waals surface area contributed by atoms with Crippen molar-refractivity contribution in [2.24, 2.45) is 0 Å². The zero-order valence-electron chi connectivity index (χ0n) is 14.4. The summed E-state index contributed by atoms with van der Waals surface area (Å²) in [4.78, 5) is 13.3. The van der Waals surface area contributed by atoms with E-state index in [1.807, 2.05) is 6.07 Å². The minimum atomic E-state index is -0.0624. The third kappa shape index (κ3) is 4.32. The lowest BCUT2D eigenvalue weighted by atomic mass is 10.3. The summed E-state index contributed by atoms with van der Waals surface area (Å²) >= 11 is 3.08. The number of hydrogen-bond donors (Lipinski definition) is 1. The molecule has 0 aliphatic rings. The molecule has 0 aromatic carbocycles. The highest BCUT2D eigenvalue weighted by molar-refractivity contribution is 7.99. The second-order valence-corrected chi connectivity index (χ2v) is 7.92. The van der Waals surface area contributed by atoms with Crippen LogP contribution in [0.5, 0.6) is 0 Å². The summed E-state index contributed by atoms with van der Waals surface area (Å²) in [6, 6.07) is 5.95. The summed E-state index contributed by atoms with van der Waals surface area (Å²) in [6.45, 7) is 6.65. The number of thiophene rings is 1. The van der Waals surface area contributed by atoms with Gasteiger partial charge < -0.3 is 9.73 Å². The number of hydrogen-bond acceptors (Lipinski definition) is 6. The van der Waals surface area contributed by atoms with Crippen molar-refractivity contribution < 1.29 is 9.21 Å². The van der Waals surface area contributed by atoms with E-state index in [9.17, 15) is 4.79 Å². The van der Waals surface area contributed by atoms with E-state index >= 15 is 0 Å². The zero-order valence-corrected chi connectivity index (χ0v) is 16.0. The maximum absolute atomic E-state index is 12.0. The summed E-state index contributed by atoms with van der Waals surface area (Å²) in [6.07, 6.45) is 1.59. The van der Waals surface area contributed by atoms with Crippen molar-refractivity contribution in [3.8, 4) is 11.4 Å². The standard InChI is InChI=1S/C17H20N4O2S2/c1-11(2)21-16(13-7-12(3)24-9-13)19-20-17(21)25-10-15(22)18-8-14-5-4-6-23-14/h4-7,9,11H,8,10H2,1-3H3,(H,18,22). The third-order valence-corrected chi connectivity index (χ3v) is 5.35. The van der Waals surface area contributed by atoms with Crippen LogP contribution in [0.15, 0.2) is 39.4 Å². The summed E-state index contributed by atoms with van der Waals surface area (Å²) in [7, 11) is 0. The largest absolute Gasteiger partial charge is 0.467 e. The topological polar surface area (TPSA) is 73.0 Å². The van der Waals surface area contributed by atoms with Crippen LogP contribution in [-0.4, -0.2) is 26.4 Å². The smallest absolute Gasteiger partial charge is 0.230 e. The lowest BCUT2D eigenvalue weighted by Gasteiger charge is -2.13. The van der Waals surface area contributed by atoms with Crippen LogP contribution in [0.3, 0.4) is 0 Å². The first-order chi connectivity index (χ1) is 12.0. The fourth-order valence-electron chi connectivity index (χ4n) is 2.38. The molecule has 1 N–H and O–H groups in total. The average Bonchev–Trinajstić information content (AvgIpc) is 3.30. The van der Waals surface area contributed by atoms with Gasteiger partial charge in [0.1, 0.15) is 5.76 Å². The Morgan fingerprint density at radius 1 is 1.44 bits per heavy atom. The number of amides is 1. The van der Waals surface area contributed by atoms with Crippen molar-refractivity contribution in [1.82, 2.24) is 20.1 Å². The van der Waals surface area contributed by atoms with E-state index in [1.54, 1.807) is 23.7 Å². The number of furan rings is 1. The van der Waals surface area contributed by atoms with Crippen LogP contribution in [0, 0.1) is 6.92 Å². The van der Waals surface area contributed by atoms with Crippen molar-refractivity contribution >= 4 is 29.0 Å². The van der Waals surface area contributed by atoms with Crippen LogP contribution in [0.25, 0.3) is 11.4 Å². The van der Waals surface area contributed by atoms with Crippen LogP contribution in [0.1, 0.15) is 30.5 Å². The Morgan fingerprint density at radius 3 is 2.92 bits per heavy atom. The molecule has 3 rings (SSSR count). The molecule has 0 fully saturated rings. The number of carbonyl (C=O) groups excluding carboxylic acids is 1. The number of carbonyl (C=O) groups is 1. The predicted octanol–water partition coefficient (Wildman–Crippen LogP) is 3.90. The van der Waals surface area contributed by atoms with Crippen molar-refractivity contribution in [1.29, 1.82) is 0 Å². The molecule has 0 radical (unpaired) electrons. The van der Waals surface area contributed by atoms with Crippen LogP contribution < -0.4 is 5.32 Å². The van der Waals surface area contributed by atoms with E-state index in [2.05, 4.69) is 52.3 Å². The van der Waals surface area contributed by atoms with Gasteiger partial charge in [0.05, 0.1) is 18.6 Å². The van der Waals surface area contributed by atoms with Crippen LogP contribution in [-0.2, 0) is 11.3 Å². The number of nitrogens with zero attached hydrogens (tertiary/aromatic N) is 3. The Labute approximate surface area is 154 Å². The lowest BCUT2D eigenvalue weighted by molar-refractivity contribution is -0.118. The molecule has 0 aliphatic heterocycles. The van der Waals surface area contributed by atoms with E-state index in [1.165, 1.54) is 16.6 Å². The zero-order chi connectivity index (χ0) is 17.8. The molecular formula is C17H20N4O2S2. The summed E-state index contributed by atoms with van der Waals surface area (Å²) in [5.74, 6) is 1.80. The van der Waals surface area contributed by atoms with Crippen molar-refractivity contribution in [3.05, 3.63) is 40.5 Å². The van der Waals surface area contributed by atoms with E-state index in [0.29, 0.717) is 6.54 Å². The highest BCUT2D eigenvalue weighted by Gasteiger charge is 2.18. The summed E-state index contributed by atoms with van der Waals surface area (Å²) < 4.78 is 7.28. The Morgan fingerprint density at radius 2 is 2.28 bits per heavy atom. The van der Waals surface area contributed by atoms with Crippen molar-refractivity contribution in [3.63, 3.8) is 0 Å². The van der Waals surface area contributed by atoms with Gasteiger partial charge in [-0.2, -0.15) is 0 Å². The van der Waals surface area contributed by atoms with E-state index in [4.69, 9.17) is 4.42 Å². The lowest BCUT2D eigenvalue weighted by Crippen LogP contribution is -2.24. The van der Waals surface area contributed by atoms with Crippen LogP contribution in [0.4, 0.5) is 0 Å². The average molecular weight is 377 g/mol. The molecule has 25 heavy (non-hydrogen) atoms. The first-order valence-corrected chi connectivity index (χ1v) is 9.83. The number of aryl methyl sites for hydroxylation is 1. The predicted molar refractivity (Wildman–Crippen MR) is 99.7 cm³/mol. The molecule has 3 aromatic rings. The van der Waals surface area contributed by atoms with Gasteiger partial charge in [0.25, 0.3) is 0 Å². The SMILES string of the molecule is Cc1cc(-c2nnc(SCC(=O)NCc3ccco3)n2C(C)C)cs1. The van der Waals surface area contributed by atoms with Gasteiger partial charge in [0, 0.05) is 21.9 Å². The Kier molecular flexibility index (Phi) is 5.60. The van der Waals surface area contributed by atoms with Crippen molar-refractivity contribution in [2.75, 3.05) is 5.75 Å². The number of rotatable bonds is 7. The maximum Gasteiger partial charge on any atom is 0.230 e. The minimum Gasteiger partial charge on any atom is -0.467 e. The molecule has 3 heterocycles. The van der Waals surface area contributed by atoms with E-state index in [0.717, 1.165) is 22.3 Å². The molecule has 3 aromatic heterocycles. The van der Waals surface area contributed by atoms with Gasteiger partial charge in [-0.05, 0) is 39.0 Å². The molecule has 8 heteroatoms. The van der Waals surface area contributed by atoms with Gasteiger partial charge in [-0.25, -0.2) is 0 Å². The number of thioether (sulfide) groups is 1. The first-order valence-electron chi connectivity index (χ1n) is 7.97. The number of aromatic nitrogens is 3. The highest BCUT2D eigenvalue weighted by atomic mass is 32.2. The second kappa shape index (κ2) is 7.88. The Bertz CT molecular complexity index is 837. The molecule has 0 atom stereocenters. The van der Waals surface area contributed by atoms with Crippen molar-refractivity contribution in [2.45, 2.75) is 38.5 Å². The third-order valence-electron chi connectivity index (χ3n) is 3.54. The molecule has 0 spiro atoms. The fraction of sp³-hybridized carbons (Fsp3) is 0.353. The molecule has 0 saturated heterocycles. The molecule has 0 saturated carbocycles. The van der Waals surface area contributed by atoms with Gasteiger partial charge in [-0.1, -0.05) is 11.8 Å². The van der Waals surface area contributed by atoms with E-state index in [-0.39, 0.29) is 17.7 Å². The summed E-state index contributed by atoms with van der Waals surface area (Å²) in [5.41, 5.74) is 1.07. The second-order valence-electron chi connectivity index (χ2n) is 5.86. The molecule has 0 bridgehead atoms. The maximum atomic E-state index is 12.0. The fourth-order valence-corrected chi connectivity index (χ4v) is 3.96. The minimum absolute atomic E-state index is 0.0624.